The van der Waals surface area contributed by atoms with Crippen LogP contribution in [0.1, 0.15) is 66.9 Å². The van der Waals surface area contributed by atoms with Crippen molar-refractivity contribution in [2.75, 3.05) is 24.6 Å². The third kappa shape index (κ3) is 4.88. The molecule has 192 valence electrons. The summed E-state index contributed by atoms with van der Waals surface area (Å²) in [6.45, 7) is 4.21. The number of benzene rings is 2. The van der Waals surface area contributed by atoms with Crippen molar-refractivity contribution in [1.82, 2.24) is 0 Å². The summed E-state index contributed by atoms with van der Waals surface area (Å²) in [6.07, 6.45) is 10.8. The van der Waals surface area contributed by atoms with Crippen molar-refractivity contribution in [3.8, 4) is 5.75 Å². The molecule has 1 heterocycles. The lowest BCUT2D eigenvalue weighted by molar-refractivity contribution is 0.0456. The van der Waals surface area contributed by atoms with Gasteiger partial charge in [-0.25, -0.2) is 4.79 Å². The topological polar surface area (TPSA) is 70.0 Å². The first-order valence-corrected chi connectivity index (χ1v) is 13.7. The second kappa shape index (κ2) is 10.5. The first kappa shape index (κ1) is 25.2. The van der Waals surface area contributed by atoms with E-state index in [1.165, 1.54) is 11.1 Å². The van der Waals surface area contributed by atoms with Gasteiger partial charge < -0.3 is 19.8 Å². The number of allylic oxidation sites excluding steroid dienone is 1. The largest absolute Gasteiger partial charge is 0.490 e. The third-order valence-corrected chi connectivity index (χ3v) is 8.68. The number of carbonyl (C=O) groups is 1. The summed E-state index contributed by atoms with van der Waals surface area (Å²) in [7, 11) is 0. The summed E-state index contributed by atoms with van der Waals surface area (Å²) in [5.74, 6) is 0.363. The molecule has 4 atom stereocenters. The lowest BCUT2D eigenvalue weighted by Crippen LogP contribution is -2.49. The fourth-order valence-corrected chi connectivity index (χ4v) is 6.54. The zero-order chi connectivity index (χ0) is 25.3. The van der Waals surface area contributed by atoms with Gasteiger partial charge in [-0.3, -0.25) is 0 Å². The number of aliphatic hydroxyl groups excluding tert-OH is 1. The Morgan fingerprint density at radius 2 is 2.14 bits per heavy atom. The summed E-state index contributed by atoms with van der Waals surface area (Å²) >= 11 is 6.34. The Balaban J connectivity index is 1.48. The van der Waals surface area contributed by atoms with E-state index in [2.05, 4.69) is 30.0 Å². The van der Waals surface area contributed by atoms with Crippen molar-refractivity contribution >= 4 is 23.3 Å². The van der Waals surface area contributed by atoms with Crippen LogP contribution in [0, 0.1) is 11.8 Å². The number of aliphatic hydroxyl groups is 1. The predicted octanol–water partition coefficient (Wildman–Crippen LogP) is 6.25. The maximum Gasteiger partial charge on any atom is 0.335 e. The Morgan fingerprint density at radius 1 is 1.28 bits per heavy atom. The molecule has 5 nitrogen and oxygen atoms in total. The van der Waals surface area contributed by atoms with E-state index in [1.807, 2.05) is 12.1 Å². The number of fused-ring (bicyclic) bond motifs is 3. The molecule has 1 spiro atoms. The van der Waals surface area contributed by atoms with Gasteiger partial charge in [-0.05, 0) is 91.8 Å². The molecule has 0 saturated heterocycles. The Morgan fingerprint density at radius 3 is 2.89 bits per heavy atom. The van der Waals surface area contributed by atoms with Crippen molar-refractivity contribution in [2.45, 2.75) is 63.4 Å². The van der Waals surface area contributed by atoms with Crippen LogP contribution in [0.25, 0.3) is 0 Å². The van der Waals surface area contributed by atoms with E-state index in [4.69, 9.17) is 16.3 Å². The highest BCUT2D eigenvalue weighted by Crippen LogP contribution is 2.46. The van der Waals surface area contributed by atoms with E-state index in [0.29, 0.717) is 12.5 Å². The van der Waals surface area contributed by atoms with E-state index < -0.39 is 12.1 Å². The first-order valence-electron chi connectivity index (χ1n) is 13.3. The molecule has 1 saturated carbocycles. The number of hydrogen-bond donors (Lipinski definition) is 2. The van der Waals surface area contributed by atoms with Gasteiger partial charge in [0.15, 0.2) is 0 Å². The molecule has 36 heavy (non-hydrogen) atoms. The van der Waals surface area contributed by atoms with Gasteiger partial charge >= 0.3 is 5.97 Å². The molecule has 6 heteroatoms. The average molecular weight is 510 g/mol. The van der Waals surface area contributed by atoms with Crippen LogP contribution in [0.4, 0.5) is 5.69 Å². The molecule has 3 aliphatic rings. The SMILES string of the molecule is CCC/C=C/[C@@H](O)[C@@H]1CC[C@H]1CN1CC2(CCCc3cc(Cl)ccc32)COc2ccc(C(=O)O)cc21. The molecule has 5 rings (SSSR count). The number of aryl methyl sites for hydroxylation is 1. The van der Waals surface area contributed by atoms with Crippen LogP contribution in [0.2, 0.25) is 5.02 Å². The molecule has 0 aromatic heterocycles. The van der Waals surface area contributed by atoms with Crippen LogP contribution in [0.3, 0.4) is 0 Å². The number of unbranched alkanes of at least 4 members (excludes halogenated alkanes) is 1. The van der Waals surface area contributed by atoms with Gasteiger partial charge in [0.2, 0.25) is 0 Å². The fraction of sp³-hybridized carbons (Fsp3) is 0.500. The molecule has 2 N–H and O–H groups in total. The van der Waals surface area contributed by atoms with Crippen LogP contribution >= 0.6 is 11.6 Å². The number of aromatic carboxylic acids is 1. The normalized spacial score (nSPS) is 26.0. The molecular weight excluding hydrogens is 474 g/mol. The van der Waals surface area contributed by atoms with Crippen molar-refractivity contribution in [2.24, 2.45) is 11.8 Å². The molecule has 1 aliphatic heterocycles. The van der Waals surface area contributed by atoms with E-state index in [9.17, 15) is 15.0 Å². The summed E-state index contributed by atoms with van der Waals surface area (Å²) in [5, 5.41) is 21.3. The Labute approximate surface area is 218 Å². The monoisotopic (exact) mass is 509 g/mol. The van der Waals surface area contributed by atoms with Crippen LogP contribution < -0.4 is 9.64 Å². The molecule has 2 aliphatic carbocycles. The maximum absolute atomic E-state index is 11.8. The minimum absolute atomic E-state index is 0.195. The van der Waals surface area contributed by atoms with E-state index >= 15 is 0 Å². The van der Waals surface area contributed by atoms with Crippen molar-refractivity contribution < 1.29 is 19.7 Å². The maximum atomic E-state index is 11.8. The molecule has 0 amide bonds. The summed E-state index contributed by atoms with van der Waals surface area (Å²) in [5.41, 5.74) is 3.49. The Kier molecular flexibility index (Phi) is 7.32. The van der Waals surface area contributed by atoms with E-state index in [1.54, 1.807) is 18.2 Å². The lowest BCUT2D eigenvalue weighted by Gasteiger charge is -2.45. The number of hydrogen-bond acceptors (Lipinski definition) is 4. The van der Waals surface area contributed by atoms with Gasteiger partial charge in [0.05, 0.1) is 24.0 Å². The van der Waals surface area contributed by atoms with Gasteiger partial charge in [-0.15, -0.1) is 0 Å². The van der Waals surface area contributed by atoms with Crippen LogP contribution in [0.15, 0.2) is 48.6 Å². The van der Waals surface area contributed by atoms with Gasteiger partial charge in [0.1, 0.15) is 5.75 Å². The summed E-state index contributed by atoms with van der Waals surface area (Å²) < 4.78 is 6.44. The molecule has 1 unspecified atom stereocenters. The van der Waals surface area contributed by atoms with Gasteiger partial charge in [0.25, 0.3) is 0 Å². The van der Waals surface area contributed by atoms with E-state index in [-0.39, 0.29) is 16.9 Å². The summed E-state index contributed by atoms with van der Waals surface area (Å²) in [4.78, 5) is 14.2. The average Bonchev–Trinajstić information content (AvgIpc) is 2.99. The minimum Gasteiger partial charge on any atom is -0.490 e. The van der Waals surface area contributed by atoms with E-state index in [0.717, 1.165) is 74.5 Å². The highest BCUT2D eigenvalue weighted by atomic mass is 35.5. The number of nitrogens with zero attached hydrogens (tertiary/aromatic N) is 1. The molecule has 2 aromatic rings. The smallest absolute Gasteiger partial charge is 0.335 e. The molecule has 0 bridgehead atoms. The van der Waals surface area contributed by atoms with Gasteiger partial charge in [-0.1, -0.05) is 43.2 Å². The molecule has 1 fully saturated rings. The van der Waals surface area contributed by atoms with Crippen LogP contribution in [-0.4, -0.2) is 42.0 Å². The third-order valence-electron chi connectivity index (χ3n) is 8.44. The van der Waals surface area contributed by atoms with Crippen molar-refractivity contribution in [3.63, 3.8) is 0 Å². The van der Waals surface area contributed by atoms with Gasteiger partial charge in [-0.2, -0.15) is 0 Å². The summed E-state index contributed by atoms with van der Waals surface area (Å²) in [6, 6.07) is 11.4. The zero-order valence-electron chi connectivity index (χ0n) is 21.0. The first-order chi connectivity index (χ1) is 17.4. The number of carboxylic acids is 1. The zero-order valence-corrected chi connectivity index (χ0v) is 21.7. The second-order valence-electron chi connectivity index (χ2n) is 10.8. The molecular formula is C30H36ClNO4. The minimum atomic E-state index is -0.938. The van der Waals surface area contributed by atoms with Crippen LogP contribution in [-0.2, 0) is 11.8 Å². The lowest BCUT2D eigenvalue weighted by atomic mass is 9.68. The Bertz CT molecular complexity index is 1150. The fourth-order valence-electron chi connectivity index (χ4n) is 6.35. The number of anilines is 1. The molecule has 0 radical (unpaired) electrons. The number of ether oxygens (including phenoxy) is 1. The highest BCUT2D eigenvalue weighted by molar-refractivity contribution is 6.30. The number of halogens is 1. The standard InChI is InChI=1S/C30H36ClNO4/c1-2-3-4-7-27(33)24-11-8-22(24)17-32-18-30(14-5-6-20-15-23(31)10-12-25(20)30)19-36-28-13-9-21(29(34)35)16-26(28)32/h4,7,9-10,12-13,15-16,22,24,27,33H,2-3,5-6,8,11,14,17-19H2,1H3,(H,34,35)/b7-4+/t22-,24+,27+,30?/m0/s1. The highest BCUT2D eigenvalue weighted by Gasteiger charge is 2.44. The van der Waals surface area contributed by atoms with Gasteiger partial charge in [0, 0.05) is 23.5 Å². The number of rotatable bonds is 7. The van der Waals surface area contributed by atoms with Crippen molar-refractivity contribution in [3.05, 3.63) is 70.3 Å². The number of carboxylic acid groups (broad SMARTS) is 1. The predicted molar refractivity (Wildman–Crippen MR) is 143 cm³/mol. The molecule has 2 aromatic carbocycles. The Hall–Kier alpha value is -2.50. The van der Waals surface area contributed by atoms with Crippen molar-refractivity contribution in [1.29, 1.82) is 0 Å². The quantitative estimate of drug-likeness (QED) is 0.431. The van der Waals surface area contributed by atoms with Crippen LogP contribution in [0.5, 0.6) is 5.75 Å². The second-order valence-corrected chi connectivity index (χ2v) is 11.2.